The Bertz CT molecular complexity index is 1290. The number of ketones is 1. The highest BCUT2D eigenvalue weighted by Crippen LogP contribution is 2.31. The van der Waals surface area contributed by atoms with Crippen molar-refractivity contribution in [3.63, 3.8) is 0 Å². The molecule has 4 nitrogen and oxygen atoms in total. The summed E-state index contributed by atoms with van der Waals surface area (Å²) in [7, 11) is 4.10. The molecule has 0 unspecified atom stereocenters. The van der Waals surface area contributed by atoms with Gasteiger partial charge in [0, 0.05) is 49.4 Å². The van der Waals surface area contributed by atoms with Crippen LogP contribution in [0.5, 0.6) is 0 Å². The summed E-state index contributed by atoms with van der Waals surface area (Å²) in [4.78, 5) is 17.6. The Labute approximate surface area is 249 Å². The van der Waals surface area contributed by atoms with Crippen LogP contribution in [0.3, 0.4) is 0 Å². The average Bonchev–Trinajstić information content (AvgIpc) is 3.05. The number of likely N-dealkylation sites (N-methyl/N-ethyl adjacent to an activating group) is 1. The number of benzene rings is 2. The molecule has 218 valence electrons. The lowest BCUT2D eigenvalue weighted by Gasteiger charge is -2.28. The lowest BCUT2D eigenvalue weighted by atomic mass is 9.93. The summed E-state index contributed by atoms with van der Waals surface area (Å²) in [6, 6.07) is 23.9. The minimum absolute atomic E-state index is 0.209. The maximum absolute atomic E-state index is 11.0. The van der Waals surface area contributed by atoms with E-state index in [2.05, 4.69) is 72.2 Å². The van der Waals surface area contributed by atoms with Crippen molar-refractivity contribution in [2.75, 3.05) is 19.0 Å². The summed E-state index contributed by atoms with van der Waals surface area (Å²) in [5.74, 6) is 0.209. The zero-order chi connectivity index (χ0) is 30.6. The molecule has 0 radical (unpaired) electrons. The van der Waals surface area contributed by atoms with Gasteiger partial charge in [-0.15, -0.1) is 0 Å². The van der Waals surface area contributed by atoms with Crippen molar-refractivity contribution in [2.45, 2.75) is 60.8 Å². The van der Waals surface area contributed by atoms with Gasteiger partial charge in [-0.05, 0) is 72.9 Å². The highest BCUT2D eigenvalue weighted by Gasteiger charge is 2.17. The van der Waals surface area contributed by atoms with E-state index in [0.717, 1.165) is 35.4 Å². The van der Waals surface area contributed by atoms with Gasteiger partial charge in [-0.3, -0.25) is 9.78 Å². The molecule has 1 heterocycles. The Morgan fingerprint density at radius 3 is 2.24 bits per heavy atom. The fourth-order valence-corrected chi connectivity index (χ4v) is 4.13. The first-order chi connectivity index (χ1) is 19.9. The molecule has 0 spiro atoms. The largest absolute Gasteiger partial charge is 0.388 e. The highest BCUT2D eigenvalue weighted by molar-refractivity contribution is 5.95. The van der Waals surface area contributed by atoms with Crippen LogP contribution in [0.25, 0.3) is 6.08 Å². The number of anilines is 1. The lowest BCUT2D eigenvalue weighted by molar-refractivity contribution is 0.0988. The van der Waals surface area contributed by atoms with Gasteiger partial charge in [0.2, 0.25) is 0 Å². The number of Topliss-reactive ketones (excluding diaryl/α,β-unsaturated/α-hetero) is 1. The Kier molecular flexibility index (Phi) is 16.8. The molecule has 0 amide bonds. The molecule has 41 heavy (non-hydrogen) atoms. The molecule has 0 bridgehead atoms. The Morgan fingerprint density at radius 2 is 1.66 bits per heavy atom. The molecule has 0 saturated heterocycles. The molecular formula is C37H49N3O. The van der Waals surface area contributed by atoms with E-state index in [4.69, 9.17) is 0 Å². The third-order valence-corrected chi connectivity index (χ3v) is 6.30. The summed E-state index contributed by atoms with van der Waals surface area (Å²) in [5, 5.41) is 3.35. The van der Waals surface area contributed by atoms with Crippen LogP contribution in [-0.2, 0) is 0 Å². The third kappa shape index (κ3) is 11.4. The number of carbonyl (C=O) groups is 1. The molecule has 2 aromatic carbocycles. The van der Waals surface area contributed by atoms with Crippen molar-refractivity contribution in [3.05, 3.63) is 137 Å². The molecule has 1 aliphatic carbocycles. The standard InChI is InChI=1S/C24H27N3.C9H10O.2C2H6/c1-18-8-7-10-21(16-18)27(4)22-13-14-23(24(17-22)25-3)19(2)11-12-20-9-5-6-15-26-20;1-2-9(10)8-6-4-3-5-7-8;2*1-2/h5-12,15-17,25H,2,13-14H2,1,3-4H3;3-7H,2H2,1H3;2*1-2H3/b12-11+;;;. The number of hydrogen-bond donors (Lipinski definition) is 1. The smallest absolute Gasteiger partial charge is 0.162 e. The Hall–Kier alpha value is -4.18. The van der Waals surface area contributed by atoms with Crippen LogP contribution in [-0.4, -0.2) is 24.9 Å². The summed E-state index contributed by atoms with van der Waals surface area (Å²) >= 11 is 0. The van der Waals surface area contributed by atoms with E-state index in [1.807, 2.05) is 96.3 Å². The van der Waals surface area contributed by atoms with Gasteiger partial charge in [-0.2, -0.15) is 0 Å². The molecule has 1 aromatic heterocycles. The van der Waals surface area contributed by atoms with Crippen molar-refractivity contribution in [2.24, 2.45) is 0 Å². The fourth-order valence-electron chi connectivity index (χ4n) is 4.13. The van der Waals surface area contributed by atoms with E-state index < -0.39 is 0 Å². The number of pyridine rings is 1. The molecule has 0 atom stereocenters. The summed E-state index contributed by atoms with van der Waals surface area (Å²) in [6.45, 7) is 16.3. The highest BCUT2D eigenvalue weighted by atomic mass is 16.1. The molecule has 3 aromatic rings. The third-order valence-electron chi connectivity index (χ3n) is 6.30. The van der Waals surface area contributed by atoms with E-state index in [9.17, 15) is 4.79 Å². The monoisotopic (exact) mass is 551 g/mol. The van der Waals surface area contributed by atoms with E-state index in [-0.39, 0.29) is 5.78 Å². The van der Waals surface area contributed by atoms with E-state index in [1.54, 1.807) is 6.20 Å². The Balaban J connectivity index is 0.000000501. The van der Waals surface area contributed by atoms with Crippen LogP contribution >= 0.6 is 0 Å². The van der Waals surface area contributed by atoms with E-state index in [0.29, 0.717) is 6.42 Å². The van der Waals surface area contributed by atoms with Gasteiger partial charge in [-0.25, -0.2) is 0 Å². The normalized spacial score (nSPS) is 12.0. The maximum atomic E-state index is 11.0. The van der Waals surface area contributed by atoms with E-state index in [1.165, 1.54) is 22.5 Å². The van der Waals surface area contributed by atoms with Crippen LogP contribution < -0.4 is 10.2 Å². The second-order valence-corrected chi connectivity index (χ2v) is 8.93. The predicted octanol–water partition coefficient (Wildman–Crippen LogP) is 9.58. The van der Waals surface area contributed by atoms with Crippen molar-refractivity contribution in [3.8, 4) is 0 Å². The van der Waals surface area contributed by atoms with Crippen LogP contribution in [0.2, 0.25) is 0 Å². The van der Waals surface area contributed by atoms with Gasteiger partial charge >= 0.3 is 0 Å². The number of rotatable bonds is 8. The first-order valence-corrected chi connectivity index (χ1v) is 14.7. The number of nitrogens with one attached hydrogen (secondary N) is 1. The zero-order valence-corrected chi connectivity index (χ0v) is 26.4. The van der Waals surface area contributed by atoms with Crippen molar-refractivity contribution >= 4 is 17.5 Å². The minimum atomic E-state index is 0.209. The van der Waals surface area contributed by atoms with Crippen LogP contribution in [0.1, 0.15) is 75.5 Å². The quantitative estimate of drug-likeness (QED) is 0.224. The Morgan fingerprint density at radius 1 is 0.976 bits per heavy atom. The molecule has 1 N–H and O–H groups in total. The average molecular weight is 552 g/mol. The molecular weight excluding hydrogens is 502 g/mol. The second-order valence-electron chi connectivity index (χ2n) is 8.93. The number of hydrogen-bond acceptors (Lipinski definition) is 4. The van der Waals surface area contributed by atoms with Crippen molar-refractivity contribution < 1.29 is 4.79 Å². The number of carbonyl (C=O) groups excluding carboxylic acids is 1. The molecule has 0 fully saturated rings. The van der Waals surface area contributed by atoms with E-state index >= 15 is 0 Å². The molecule has 4 heteroatoms. The predicted molar refractivity (Wildman–Crippen MR) is 179 cm³/mol. The number of aromatic nitrogens is 1. The first-order valence-electron chi connectivity index (χ1n) is 14.7. The minimum Gasteiger partial charge on any atom is -0.388 e. The molecule has 4 rings (SSSR count). The SMILES string of the molecule is C=C(/C=C/c1ccccn1)C1=C(NC)C=C(N(C)c2cccc(C)c2)CC1.CC.CC.CCC(=O)c1ccccc1. The first kappa shape index (κ1) is 34.8. The van der Waals surface area contributed by atoms with Gasteiger partial charge < -0.3 is 10.2 Å². The lowest BCUT2D eigenvalue weighted by Crippen LogP contribution is -2.22. The van der Waals surface area contributed by atoms with Crippen LogP contribution in [0.15, 0.2) is 120 Å². The topological polar surface area (TPSA) is 45.2 Å². The van der Waals surface area contributed by atoms with Gasteiger partial charge in [0.05, 0.1) is 5.69 Å². The number of allylic oxidation sites excluding steroid dienone is 5. The van der Waals surface area contributed by atoms with Crippen LogP contribution in [0, 0.1) is 6.92 Å². The zero-order valence-electron chi connectivity index (χ0n) is 26.4. The van der Waals surface area contributed by atoms with Gasteiger partial charge in [0.1, 0.15) is 0 Å². The number of nitrogens with zero attached hydrogens (tertiary/aromatic N) is 2. The van der Waals surface area contributed by atoms with Crippen molar-refractivity contribution in [1.29, 1.82) is 0 Å². The summed E-state index contributed by atoms with van der Waals surface area (Å²) < 4.78 is 0. The molecule has 0 saturated carbocycles. The second kappa shape index (κ2) is 19.8. The molecule has 0 aliphatic heterocycles. The van der Waals surface area contributed by atoms with Gasteiger partial charge in [0.25, 0.3) is 0 Å². The van der Waals surface area contributed by atoms with Gasteiger partial charge in [-0.1, -0.05) is 95.8 Å². The van der Waals surface area contributed by atoms with Crippen molar-refractivity contribution in [1.82, 2.24) is 10.3 Å². The summed E-state index contributed by atoms with van der Waals surface area (Å²) in [5.41, 5.74) is 8.95. The number of aryl methyl sites for hydroxylation is 1. The maximum Gasteiger partial charge on any atom is 0.162 e. The summed E-state index contributed by atoms with van der Waals surface area (Å²) in [6.07, 6.45) is 10.6. The van der Waals surface area contributed by atoms with Crippen LogP contribution in [0.4, 0.5) is 5.69 Å². The van der Waals surface area contributed by atoms with Gasteiger partial charge in [0.15, 0.2) is 5.78 Å². The molecule has 1 aliphatic rings. The fraction of sp³-hybridized carbons (Fsp3) is 0.297.